The molecule has 0 aromatic heterocycles. The lowest BCUT2D eigenvalue weighted by Crippen LogP contribution is -1.93. The van der Waals surface area contributed by atoms with Crippen molar-refractivity contribution < 1.29 is 0 Å². The highest BCUT2D eigenvalue weighted by Gasteiger charge is 2.19. The maximum absolute atomic E-state index is 2.43. The Balaban J connectivity index is 1.18. The summed E-state index contributed by atoms with van der Waals surface area (Å²) in [5.41, 5.74) is 14.7. The molecule has 0 N–H and O–H groups in total. The molecule has 10 aromatic rings. The van der Waals surface area contributed by atoms with E-state index in [9.17, 15) is 0 Å². The van der Waals surface area contributed by atoms with Crippen molar-refractivity contribution in [2.75, 3.05) is 0 Å². The average Bonchev–Trinajstić information content (AvgIpc) is 3.26. The first kappa shape index (κ1) is 31.7. The summed E-state index contributed by atoms with van der Waals surface area (Å²) in [6, 6.07) is 79.7. The molecule has 0 nitrogen and oxygen atoms in total. The Morgan fingerprint density at radius 1 is 0.185 bits per heavy atom. The van der Waals surface area contributed by atoms with Gasteiger partial charge in [0.05, 0.1) is 0 Å². The summed E-state index contributed by atoms with van der Waals surface area (Å²) >= 11 is 0. The molecule has 0 heterocycles. The maximum Gasteiger partial charge on any atom is -0.00261 e. The van der Waals surface area contributed by atoms with Crippen LogP contribution in [0.5, 0.6) is 0 Å². The van der Waals surface area contributed by atoms with E-state index in [0.29, 0.717) is 0 Å². The van der Waals surface area contributed by atoms with E-state index in [4.69, 9.17) is 0 Å². The van der Waals surface area contributed by atoms with Crippen molar-refractivity contribution in [1.29, 1.82) is 0 Å². The van der Waals surface area contributed by atoms with Crippen molar-refractivity contribution >= 4 is 32.3 Å². The van der Waals surface area contributed by atoms with Gasteiger partial charge in [0.2, 0.25) is 0 Å². The van der Waals surface area contributed by atoms with Crippen molar-refractivity contribution in [2.24, 2.45) is 0 Å². The van der Waals surface area contributed by atoms with Gasteiger partial charge in [-0.2, -0.15) is 0 Å². The molecule has 0 aliphatic carbocycles. The van der Waals surface area contributed by atoms with Crippen LogP contribution in [0.15, 0.2) is 218 Å². The zero-order valence-corrected chi connectivity index (χ0v) is 29.8. The van der Waals surface area contributed by atoms with Crippen LogP contribution in [-0.4, -0.2) is 0 Å². The van der Waals surface area contributed by atoms with Crippen molar-refractivity contribution in [3.05, 3.63) is 218 Å². The van der Waals surface area contributed by atoms with E-state index in [-0.39, 0.29) is 0 Å². The van der Waals surface area contributed by atoms with E-state index in [2.05, 4.69) is 218 Å². The summed E-state index contributed by atoms with van der Waals surface area (Å²) in [7, 11) is 0. The summed E-state index contributed by atoms with van der Waals surface area (Å²) < 4.78 is 0. The van der Waals surface area contributed by atoms with E-state index < -0.39 is 0 Å². The van der Waals surface area contributed by atoms with Crippen LogP contribution < -0.4 is 0 Å². The molecule has 0 fully saturated rings. The fraction of sp³-hybridized carbons (Fsp3) is 0. The minimum Gasteiger partial charge on any atom is -0.0622 e. The molecule has 54 heavy (non-hydrogen) atoms. The first-order valence-corrected chi connectivity index (χ1v) is 18.7. The normalized spacial score (nSPS) is 11.3. The van der Waals surface area contributed by atoms with Gasteiger partial charge in [-0.25, -0.2) is 0 Å². The van der Waals surface area contributed by atoms with Crippen molar-refractivity contribution in [2.45, 2.75) is 0 Å². The molecule has 10 aromatic carbocycles. The van der Waals surface area contributed by atoms with Gasteiger partial charge in [-0.3, -0.25) is 0 Å². The number of benzene rings is 10. The Bertz CT molecular complexity index is 2890. The highest BCUT2D eigenvalue weighted by atomic mass is 14.2. The Labute approximate surface area is 316 Å². The van der Waals surface area contributed by atoms with Gasteiger partial charge in [0.15, 0.2) is 0 Å². The fourth-order valence-electron chi connectivity index (χ4n) is 8.42. The summed E-state index contributed by atoms with van der Waals surface area (Å²) in [5.74, 6) is 0. The molecule has 0 spiro atoms. The third-order valence-electron chi connectivity index (χ3n) is 10.9. The smallest absolute Gasteiger partial charge is 0.00261 e. The molecule has 0 radical (unpaired) electrons. The lowest BCUT2D eigenvalue weighted by atomic mass is 9.83. The topological polar surface area (TPSA) is 0 Å². The predicted molar refractivity (Wildman–Crippen MR) is 232 cm³/mol. The van der Waals surface area contributed by atoms with Crippen molar-refractivity contribution in [1.82, 2.24) is 0 Å². The monoisotopic (exact) mass is 684 g/mol. The molecule has 0 amide bonds. The molecule has 0 saturated heterocycles. The zero-order valence-electron chi connectivity index (χ0n) is 29.8. The summed E-state index contributed by atoms with van der Waals surface area (Å²) in [4.78, 5) is 0. The highest BCUT2D eigenvalue weighted by molar-refractivity contribution is 6.21. The predicted octanol–water partition coefficient (Wildman–Crippen LogP) is 15.1. The third kappa shape index (κ3) is 5.48. The van der Waals surface area contributed by atoms with Gasteiger partial charge in [-0.05, 0) is 105 Å². The molecule has 0 unspecified atom stereocenters. The van der Waals surface area contributed by atoms with Gasteiger partial charge in [-0.1, -0.05) is 212 Å². The Morgan fingerprint density at radius 2 is 0.574 bits per heavy atom. The molecular weight excluding hydrogens is 649 g/mol. The first-order chi connectivity index (χ1) is 26.8. The average molecular weight is 685 g/mol. The quantitative estimate of drug-likeness (QED) is 0.153. The third-order valence-corrected chi connectivity index (χ3v) is 10.9. The summed E-state index contributed by atoms with van der Waals surface area (Å²) in [6.07, 6.45) is 0. The SMILES string of the molecule is c1ccc(-c2ccc(-c3c4ccccc4c(-c4ccccc4)c4ccccc34)cc2-c2ccccc2-c2ccc(-c3cccc4ccccc34)cc2)cc1. The zero-order chi connectivity index (χ0) is 35.8. The molecule has 252 valence electrons. The van der Waals surface area contributed by atoms with E-state index in [0.717, 1.165) is 0 Å². The molecule has 0 aliphatic rings. The lowest BCUT2D eigenvalue weighted by molar-refractivity contribution is 1.56. The van der Waals surface area contributed by atoms with E-state index in [1.54, 1.807) is 0 Å². The van der Waals surface area contributed by atoms with Gasteiger partial charge < -0.3 is 0 Å². The Kier molecular flexibility index (Phi) is 7.93. The minimum absolute atomic E-state index is 1.20. The van der Waals surface area contributed by atoms with E-state index >= 15 is 0 Å². The second-order valence-electron chi connectivity index (χ2n) is 14.0. The molecule has 0 bridgehead atoms. The standard InChI is InChI=1S/C54H36/c1-3-16-37(17-4-1)46-35-34-42(54-50-27-13-11-25-48(50)53(41-19-5-2-6-20-41)49-26-12-14-28-51(49)54)36-52(46)47-24-10-9-23-45(47)40-32-30-39(31-33-40)44-29-15-21-38-18-7-8-22-43(38)44/h1-36H. The number of hydrogen-bond donors (Lipinski definition) is 0. The second-order valence-corrected chi connectivity index (χ2v) is 14.0. The van der Waals surface area contributed by atoms with Gasteiger partial charge in [0.25, 0.3) is 0 Å². The molecule has 10 rings (SSSR count). The van der Waals surface area contributed by atoms with Crippen LogP contribution in [0.3, 0.4) is 0 Å². The van der Waals surface area contributed by atoms with Crippen LogP contribution in [0.25, 0.3) is 99.1 Å². The van der Waals surface area contributed by atoms with Crippen LogP contribution in [0, 0.1) is 0 Å². The molecule has 0 heteroatoms. The van der Waals surface area contributed by atoms with Crippen LogP contribution >= 0.6 is 0 Å². The van der Waals surface area contributed by atoms with Crippen molar-refractivity contribution in [3.8, 4) is 66.8 Å². The van der Waals surface area contributed by atoms with Gasteiger partial charge in [0, 0.05) is 0 Å². The molecular formula is C54H36. The van der Waals surface area contributed by atoms with Crippen molar-refractivity contribution in [3.63, 3.8) is 0 Å². The number of fused-ring (bicyclic) bond motifs is 3. The Morgan fingerprint density at radius 3 is 1.20 bits per heavy atom. The fourth-order valence-corrected chi connectivity index (χ4v) is 8.42. The van der Waals surface area contributed by atoms with Gasteiger partial charge in [-0.15, -0.1) is 0 Å². The van der Waals surface area contributed by atoms with Crippen LogP contribution in [0.2, 0.25) is 0 Å². The van der Waals surface area contributed by atoms with Gasteiger partial charge >= 0.3 is 0 Å². The van der Waals surface area contributed by atoms with E-state index in [1.165, 1.54) is 99.1 Å². The summed E-state index contributed by atoms with van der Waals surface area (Å²) in [6.45, 7) is 0. The van der Waals surface area contributed by atoms with Gasteiger partial charge in [0.1, 0.15) is 0 Å². The van der Waals surface area contributed by atoms with Crippen LogP contribution in [0.4, 0.5) is 0 Å². The second kappa shape index (κ2) is 13.5. The van der Waals surface area contributed by atoms with Crippen LogP contribution in [0.1, 0.15) is 0 Å². The highest BCUT2D eigenvalue weighted by Crippen LogP contribution is 2.46. The maximum atomic E-state index is 2.43. The largest absolute Gasteiger partial charge is 0.0622 e. The molecule has 0 saturated carbocycles. The Hall–Kier alpha value is -7.02. The number of hydrogen-bond acceptors (Lipinski definition) is 0. The molecule has 0 aliphatic heterocycles. The molecule has 0 atom stereocenters. The lowest BCUT2D eigenvalue weighted by Gasteiger charge is -2.20. The minimum atomic E-state index is 1.20. The van der Waals surface area contributed by atoms with E-state index in [1.807, 2.05) is 0 Å². The number of rotatable bonds is 6. The first-order valence-electron chi connectivity index (χ1n) is 18.7. The van der Waals surface area contributed by atoms with Crippen LogP contribution in [-0.2, 0) is 0 Å². The summed E-state index contributed by atoms with van der Waals surface area (Å²) in [5, 5.41) is 7.56.